The third-order valence-corrected chi connectivity index (χ3v) is 3.29. The van der Waals surface area contributed by atoms with Gasteiger partial charge in [-0.3, -0.25) is 4.79 Å². The van der Waals surface area contributed by atoms with Crippen LogP contribution in [0.3, 0.4) is 0 Å². The molecule has 1 rings (SSSR count). The molecule has 0 fully saturated rings. The number of carbonyl (C=O) groups is 1. The van der Waals surface area contributed by atoms with Gasteiger partial charge in [0.05, 0.1) is 0 Å². The van der Waals surface area contributed by atoms with Crippen molar-refractivity contribution >= 4 is 17.5 Å². The van der Waals surface area contributed by atoms with Gasteiger partial charge in [-0.05, 0) is 38.8 Å². The van der Waals surface area contributed by atoms with E-state index in [1.54, 1.807) is 13.8 Å². The van der Waals surface area contributed by atoms with Crippen molar-refractivity contribution in [2.75, 3.05) is 7.11 Å². The molecule has 1 atom stereocenters. The SMILES string of the molecule is COC(C)(C)C(=O)NC(C)Cc1ccccc1Cl. The largest absolute Gasteiger partial charge is 0.369 e. The van der Waals surface area contributed by atoms with Gasteiger partial charge in [-0.15, -0.1) is 0 Å². The van der Waals surface area contributed by atoms with Crippen LogP contribution in [-0.4, -0.2) is 24.7 Å². The number of methoxy groups -OCH3 is 1. The van der Waals surface area contributed by atoms with Crippen LogP contribution in [0.2, 0.25) is 5.02 Å². The minimum absolute atomic E-state index is 0.00632. The van der Waals surface area contributed by atoms with E-state index in [0.29, 0.717) is 6.42 Å². The van der Waals surface area contributed by atoms with Gasteiger partial charge in [0.25, 0.3) is 5.91 Å². The summed E-state index contributed by atoms with van der Waals surface area (Å²) in [4.78, 5) is 11.9. The Hall–Kier alpha value is -1.06. The number of rotatable bonds is 5. The van der Waals surface area contributed by atoms with Crippen LogP contribution in [0.1, 0.15) is 26.3 Å². The van der Waals surface area contributed by atoms with E-state index in [-0.39, 0.29) is 11.9 Å². The molecule has 0 spiro atoms. The summed E-state index contributed by atoms with van der Waals surface area (Å²) in [5, 5.41) is 3.65. The molecule has 0 saturated heterocycles. The average molecular weight is 270 g/mol. The highest BCUT2D eigenvalue weighted by molar-refractivity contribution is 6.31. The molecular formula is C14H20ClNO2. The zero-order chi connectivity index (χ0) is 13.8. The van der Waals surface area contributed by atoms with E-state index in [0.717, 1.165) is 10.6 Å². The molecule has 0 bridgehead atoms. The monoisotopic (exact) mass is 269 g/mol. The fraction of sp³-hybridized carbons (Fsp3) is 0.500. The van der Waals surface area contributed by atoms with Crippen LogP contribution >= 0.6 is 11.6 Å². The van der Waals surface area contributed by atoms with Crippen LogP contribution in [0.15, 0.2) is 24.3 Å². The van der Waals surface area contributed by atoms with Crippen molar-refractivity contribution in [1.29, 1.82) is 0 Å². The van der Waals surface area contributed by atoms with E-state index in [1.807, 2.05) is 31.2 Å². The second-order valence-electron chi connectivity index (χ2n) is 4.88. The zero-order valence-corrected chi connectivity index (χ0v) is 12.0. The first-order valence-electron chi connectivity index (χ1n) is 5.96. The molecule has 18 heavy (non-hydrogen) atoms. The number of carbonyl (C=O) groups excluding carboxylic acids is 1. The maximum atomic E-state index is 11.9. The highest BCUT2D eigenvalue weighted by Crippen LogP contribution is 2.17. The third kappa shape index (κ3) is 4.00. The van der Waals surface area contributed by atoms with Crippen LogP contribution in [0.5, 0.6) is 0 Å². The number of benzene rings is 1. The maximum absolute atomic E-state index is 11.9. The number of hydrogen-bond donors (Lipinski definition) is 1. The summed E-state index contributed by atoms with van der Waals surface area (Å²) in [6, 6.07) is 7.65. The molecule has 0 aromatic heterocycles. The van der Waals surface area contributed by atoms with Gasteiger partial charge in [-0.1, -0.05) is 29.8 Å². The molecule has 0 aliphatic rings. The van der Waals surface area contributed by atoms with E-state index in [2.05, 4.69) is 5.32 Å². The van der Waals surface area contributed by atoms with Crippen molar-refractivity contribution in [1.82, 2.24) is 5.32 Å². The lowest BCUT2D eigenvalue weighted by Gasteiger charge is -2.24. The molecule has 4 heteroatoms. The Morgan fingerprint density at radius 3 is 2.61 bits per heavy atom. The average Bonchev–Trinajstić information content (AvgIpc) is 2.32. The standard InChI is InChI=1S/C14H20ClNO2/c1-10(16-13(17)14(2,3)18-4)9-11-7-5-6-8-12(11)15/h5-8,10H,9H2,1-4H3,(H,16,17). The van der Waals surface area contributed by atoms with Gasteiger partial charge in [0.2, 0.25) is 0 Å². The molecule has 1 N–H and O–H groups in total. The minimum Gasteiger partial charge on any atom is -0.369 e. The Labute approximate surface area is 113 Å². The lowest BCUT2D eigenvalue weighted by molar-refractivity contribution is -0.140. The Bertz CT molecular complexity index is 418. The van der Waals surface area contributed by atoms with Crippen LogP contribution in [0.4, 0.5) is 0 Å². The van der Waals surface area contributed by atoms with Crippen molar-refractivity contribution < 1.29 is 9.53 Å². The van der Waals surface area contributed by atoms with E-state index < -0.39 is 5.60 Å². The fourth-order valence-electron chi connectivity index (χ4n) is 1.54. The molecule has 0 saturated carbocycles. The summed E-state index contributed by atoms with van der Waals surface area (Å²) >= 11 is 6.08. The summed E-state index contributed by atoms with van der Waals surface area (Å²) in [6.45, 7) is 5.43. The summed E-state index contributed by atoms with van der Waals surface area (Å²) < 4.78 is 5.14. The molecule has 100 valence electrons. The van der Waals surface area contributed by atoms with Gasteiger partial charge < -0.3 is 10.1 Å². The van der Waals surface area contributed by atoms with Crippen molar-refractivity contribution in [2.45, 2.75) is 38.8 Å². The van der Waals surface area contributed by atoms with E-state index in [4.69, 9.17) is 16.3 Å². The molecular weight excluding hydrogens is 250 g/mol. The molecule has 1 unspecified atom stereocenters. The molecule has 0 aliphatic heterocycles. The Kier molecular flexibility index (Phi) is 5.17. The van der Waals surface area contributed by atoms with Crippen molar-refractivity contribution in [2.24, 2.45) is 0 Å². The lowest BCUT2D eigenvalue weighted by Crippen LogP contribution is -2.47. The topological polar surface area (TPSA) is 38.3 Å². The first-order valence-corrected chi connectivity index (χ1v) is 6.34. The first-order chi connectivity index (χ1) is 8.36. The summed E-state index contributed by atoms with van der Waals surface area (Å²) in [5.74, 6) is -0.121. The fourth-order valence-corrected chi connectivity index (χ4v) is 1.75. The highest BCUT2D eigenvalue weighted by atomic mass is 35.5. The van der Waals surface area contributed by atoms with E-state index in [9.17, 15) is 4.79 Å². The summed E-state index contributed by atoms with van der Waals surface area (Å²) in [5.41, 5.74) is 0.219. The number of amides is 1. The molecule has 1 aromatic carbocycles. The van der Waals surface area contributed by atoms with Gasteiger partial charge in [0, 0.05) is 18.2 Å². The van der Waals surface area contributed by atoms with Gasteiger partial charge >= 0.3 is 0 Å². The second-order valence-corrected chi connectivity index (χ2v) is 5.29. The molecule has 0 aliphatic carbocycles. The van der Waals surface area contributed by atoms with Crippen LogP contribution in [0, 0.1) is 0 Å². The summed E-state index contributed by atoms with van der Waals surface area (Å²) in [6.07, 6.45) is 0.700. The van der Waals surface area contributed by atoms with Gasteiger partial charge in [0.1, 0.15) is 5.60 Å². The number of nitrogens with one attached hydrogen (secondary N) is 1. The smallest absolute Gasteiger partial charge is 0.251 e. The lowest BCUT2D eigenvalue weighted by atomic mass is 10.0. The quantitative estimate of drug-likeness (QED) is 0.893. The molecule has 3 nitrogen and oxygen atoms in total. The number of hydrogen-bond acceptors (Lipinski definition) is 2. The Morgan fingerprint density at radius 1 is 1.44 bits per heavy atom. The molecule has 0 heterocycles. The van der Waals surface area contributed by atoms with E-state index >= 15 is 0 Å². The van der Waals surface area contributed by atoms with Gasteiger partial charge in [0.15, 0.2) is 0 Å². The van der Waals surface area contributed by atoms with Gasteiger partial charge in [-0.2, -0.15) is 0 Å². The van der Waals surface area contributed by atoms with Gasteiger partial charge in [-0.25, -0.2) is 0 Å². The highest BCUT2D eigenvalue weighted by Gasteiger charge is 2.27. The predicted molar refractivity (Wildman–Crippen MR) is 73.8 cm³/mol. The van der Waals surface area contributed by atoms with Crippen molar-refractivity contribution in [3.63, 3.8) is 0 Å². The molecule has 0 radical (unpaired) electrons. The predicted octanol–water partition coefficient (Wildman–Crippen LogP) is 2.81. The summed E-state index contributed by atoms with van der Waals surface area (Å²) in [7, 11) is 1.53. The van der Waals surface area contributed by atoms with Crippen LogP contribution in [0.25, 0.3) is 0 Å². The Balaban J connectivity index is 2.60. The third-order valence-electron chi connectivity index (χ3n) is 2.92. The zero-order valence-electron chi connectivity index (χ0n) is 11.3. The molecule has 1 amide bonds. The maximum Gasteiger partial charge on any atom is 0.251 e. The van der Waals surface area contributed by atoms with Crippen molar-refractivity contribution in [3.8, 4) is 0 Å². The number of halogens is 1. The number of ether oxygens (including phenoxy) is 1. The molecule has 1 aromatic rings. The normalized spacial score (nSPS) is 13.2. The minimum atomic E-state index is -0.811. The van der Waals surface area contributed by atoms with Crippen LogP contribution < -0.4 is 5.32 Å². The van der Waals surface area contributed by atoms with Crippen LogP contribution in [-0.2, 0) is 16.0 Å². The Morgan fingerprint density at radius 2 is 2.06 bits per heavy atom. The first kappa shape index (κ1) is 15.0. The second kappa shape index (κ2) is 6.21. The van der Waals surface area contributed by atoms with Crippen molar-refractivity contribution in [3.05, 3.63) is 34.9 Å². The van der Waals surface area contributed by atoms with E-state index in [1.165, 1.54) is 7.11 Å².